The zero-order chi connectivity index (χ0) is 15.0. The molecule has 4 nitrogen and oxygen atoms in total. The molecule has 0 aromatic heterocycles. The maximum Gasteiger partial charge on any atom is 0.317 e. The van der Waals surface area contributed by atoms with E-state index >= 15 is 0 Å². The Morgan fingerprint density at radius 2 is 2.05 bits per heavy atom. The van der Waals surface area contributed by atoms with E-state index < -0.39 is 0 Å². The fraction of sp³-hybridized carbons (Fsp3) is 0.938. The lowest BCUT2D eigenvalue weighted by Gasteiger charge is -2.32. The summed E-state index contributed by atoms with van der Waals surface area (Å²) in [5.74, 6) is 0.625. The van der Waals surface area contributed by atoms with Crippen LogP contribution in [0, 0.1) is 5.92 Å². The fourth-order valence-electron chi connectivity index (χ4n) is 3.00. The van der Waals surface area contributed by atoms with E-state index in [2.05, 4.69) is 24.1 Å². The van der Waals surface area contributed by atoms with Gasteiger partial charge >= 0.3 is 6.03 Å². The molecule has 0 aliphatic carbocycles. The summed E-state index contributed by atoms with van der Waals surface area (Å²) in [6.45, 7) is 7.55. The van der Waals surface area contributed by atoms with E-state index in [4.69, 9.17) is 5.11 Å². The van der Waals surface area contributed by atoms with E-state index in [1.54, 1.807) is 0 Å². The number of nitrogens with one attached hydrogen (secondary N) is 1. The van der Waals surface area contributed by atoms with Gasteiger partial charge in [-0.15, -0.1) is 0 Å². The molecule has 2 N–H and O–H groups in total. The van der Waals surface area contributed by atoms with Gasteiger partial charge in [0.2, 0.25) is 0 Å². The number of aliphatic hydroxyl groups is 1. The van der Waals surface area contributed by atoms with Crippen LogP contribution in [-0.2, 0) is 0 Å². The number of rotatable bonds is 6. The Balaban J connectivity index is 2.55. The lowest BCUT2D eigenvalue weighted by Crippen LogP contribution is -2.49. The Bertz CT molecular complexity index is 282. The summed E-state index contributed by atoms with van der Waals surface area (Å²) in [4.78, 5) is 14.5. The third-order valence-corrected chi connectivity index (χ3v) is 4.05. The number of hydrogen-bond acceptors (Lipinski definition) is 2. The van der Waals surface area contributed by atoms with Crippen LogP contribution in [0.15, 0.2) is 0 Å². The Kier molecular flexibility index (Phi) is 7.97. The van der Waals surface area contributed by atoms with Crippen molar-refractivity contribution >= 4 is 6.03 Å². The van der Waals surface area contributed by atoms with Crippen molar-refractivity contribution in [3.63, 3.8) is 0 Å². The summed E-state index contributed by atoms with van der Waals surface area (Å²) in [5, 5.41) is 11.9. The van der Waals surface area contributed by atoms with Gasteiger partial charge in [0.1, 0.15) is 0 Å². The van der Waals surface area contributed by atoms with Crippen molar-refractivity contribution in [2.75, 3.05) is 13.2 Å². The molecule has 2 unspecified atom stereocenters. The molecule has 2 amide bonds. The average molecular weight is 284 g/mol. The number of hydrogen-bond donors (Lipinski definition) is 2. The molecule has 0 radical (unpaired) electrons. The molecule has 0 aromatic rings. The molecular formula is C16H32N2O2. The highest BCUT2D eigenvalue weighted by Crippen LogP contribution is 2.22. The number of urea groups is 1. The third-order valence-electron chi connectivity index (χ3n) is 4.05. The molecule has 4 heteroatoms. The summed E-state index contributed by atoms with van der Waals surface area (Å²) in [6.07, 6.45) is 7.41. The van der Waals surface area contributed by atoms with Crippen LogP contribution in [0.3, 0.4) is 0 Å². The first-order valence-electron chi connectivity index (χ1n) is 8.22. The predicted molar refractivity (Wildman–Crippen MR) is 82.7 cm³/mol. The minimum atomic E-state index is 0.0861. The van der Waals surface area contributed by atoms with Crippen molar-refractivity contribution in [2.24, 2.45) is 5.92 Å². The van der Waals surface area contributed by atoms with E-state index in [0.29, 0.717) is 12.0 Å². The Morgan fingerprint density at radius 3 is 2.70 bits per heavy atom. The zero-order valence-electron chi connectivity index (χ0n) is 13.4. The van der Waals surface area contributed by atoms with Gasteiger partial charge in [0, 0.05) is 25.2 Å². The lowest BCUT2D eigenvalue weighted by molar-refractivity contribution is 0.162. The number of aliphatic hydroxyl groups excluding tert-OH is 1. The molecule has 20 heavy (non-hydrogen) atoms. The van der Waals surface area contributed by atoms with Gasteiger partial charge < -0.3 is 15.3 Å². The summed E-state index contributed by atoms with van der Waals surface area (Å²) >= 11 is 0. The van der Waals surface area contributed by atoms with Crippen molar-refractivity contribution in [3.05, 3.63) is 0 Å². The smallest absolute Gasteiger partial charge is 0.317 e. The van der Waals surface area contributed by atoms with Crippen molar-refractivity contribution in [3.8, 4) is 0 Å². The maximum absolute atomic E-state index is 12.5. The van der Waals surface area contributed by atoms with Gasteiger partial charge in [0.15, 0.2) is 0 Å². The molecule has 1 rings (SSSR count). The summed E-state index contributed by atoms with van der Waals surface area (Å²) < 4.78 is 0. The van der Waals surface area contributed by atoms with Crippen LogP contribution in [-0.4, -0.2) is 41.3 Å². The van der Waals surface area contributed by atoms with Crippen molar-refractivity contribution in [1.29, 1.82) is 0 Å². The highest BCUT2D eigenvalue weighted by Gasteiger charge is 2.26. The molecule has 1 aliphatic heterocycles. The largest absolute Gasteiger partial charge is 0.396 e. The topological polar surface area (TPSA) is 52.6 Å². The third kappa shape index (κ3) is 6.12. The van der Waals surface area contributed by atoms with Gasteiger partial charge in [0.05, 0.1) is 0 Å². The second-order valence-corrected chi connectivity index (χ2v) is 6.54. The van der Waals surface area contributed by atoms with Crippen molar-refractivity contribution in [1.82, 2.24) is 10.2 Å². The number of carbonyl (C=O) groups excluding carboxylic acids is 1. The van der Waals surface area contributed by atoms with Crippen LogP contribution < -0.4 is 5.32 Å². The van der Waals surface area contributed by atoms with Crippen LogP contribution in [0.4, 0.5) is 4.79 Å². The number of nitrogens with zero attached hydrogens (tertiary/aromatic N) is 1. The van der Waals surface area contributed by atoms with Crippen LogP contribution in [0.5, 0.6) is 0 Å². The molecule has 1 fully saturated rings. The number of carbonyl (C=O) groups is 1. The van der Waals surface area contributed by atoms with Crippen LogP contribution in [0.2, 0.25) is 0 Å². The molecule has 118 valence electrons. The molecule has 1 saturated heterocycles. The standard InChI is InChI=1S/C16H32N2O2/c1-13(2)12-15-9-5-4-6-10-18(15)16(20)17-14(3)8-7-11-19/h13-15,19H,4-12H2,1-3H3,(H,17,20). The maximum atomic E-state index is 12.5. The van der Waals surface area contributed by atoms with Crippen LogP contribution >= 0.6 is 0 Å². The highest BCUT2D eigenvalue weighted by atomic mass is 16.3. The molecule has 0 aromatic carbocycles. The fourth-order valence-corrected chi connectivity index (χ4v) is 3.00. The molecule has 1 aliphatic rings. The Labute approximate surface area is 123 Å². The molecule has 2 atom stereocenters. The molecule has 0 saturated carbocycles. The lowest BCUT2D eigenvalue weighted by atomic mass is 9.99. The Morgan fingerprint density at radius 1 is 1.30 bits per heavy atom. The quantitative estimate of drug-likeness (QED) is 0.787. The number of amides is 2. The molecule has 1 heterocycles. The zero-order valence-corrected chi connectivity index (χ0v) is 13.4. The van der Waals surface area contributed by atoms with Crippen LogP contribution in [0.25, 0.3) is 0 Å². The second kappa shape index (κ2) is 9.22. The van der Waals surface area contributed by atoms with E-state index in [1.807, 2.05) is 6.92 Å². The van der Waals surface area contributed by atoms with Gasteiger partial charge in [-0.3, -0.25) is 0 Å². The van der Waals surface area contributed by atoms with E-state index in [9.17, 15) is 4.79 Å². The monoisotopic (exact) mass is 284 g/mol. The summed E-state index contributed by atoms with van der Waals surface area (Å²) in [5.41, 5.74) is 0. The summed E-state index contributed by atoms with van der Waals surface area (Å²) in [6, 6.07) is 0.614. The highest BCUT2D eigenvalue weighted by molar-refractivity contribution is 5.74. The second-order valence-electron chi connectivity index (χ2n) is 6.54. The van der Waals surface area contributed by atoms with Gasteiger partial charge in [0.25, 0.3) is 0 Å². The van der Waals surface area contributed by atoms with E-state index in [-0.39, 0.29) is 18.7 Å². The first-order valence-corrected chi connectivity index (χ1v) is 8.22. The molecular weight excluding hydrogens is 252 g/mol. The minimum absolute atomic E-state index is 0.0861. The molecule has 0 bridgehead atoms. The SMILES string of the molecule is CC(C)CC1CCCCCN1C(=O)NC(C)CCCO. The number of likely N-dealkylation sites (tertiary alicyclic amines) is 1. The normalized spacial score (nSPS) is 21.6. The van der Waals surface area contributed by atoms with Gasteiger partial charge in [-0.25, -0.2) is 4.79 Å². The van der Waals surface area contributed by atoms with Gasteiger partial charge in [-0.05, 0) is 44.9 Å². The first-order chi connectivity index (χ1) is 9.54. The molecule has 0 spiro atoms. The van der Waals surface area contributed by atoms with Gasteiger partial charge in [-0.2, -0.15) is 0 Å². The van der Waals surface area contributed by atoms with E-state index in [1.165, 1.54) is 12.8 Å². The minimum Gasteiger partial charge on any atom is -0.396 e. The van der Waals surface area contributed by atoms with Gasteiger partial charge in [-0.1, -0.05) is 26.7 Å². The van der Waals surface area contributed by atoms with Crippen molar-refractivity contribution in [2.45, 2.75) is 77.8 Å². The van der Waals surface area contributed by atoms with Crippen LogP contribution in [0.1, 0.15) is 65.7 Å². The first kappa shape index (κ1) is 17.3. The summed E-state index contributed by atoms with van der Waals surface area (Å²) in [7, 11) is 0. The average Bonchev–Trinajstić information content (AvgIpc) is 2.61. The predicted octanol–water partition coefficient (Wildman–Crippen LogP) is 3.15. The van der Waals surface area contributed by atoms with E-state index in [0.717, 1.165) is 38.6 Å². The Hall–Kier alpha value is -0.770. The van der Waals surface area contributed by atoms with Crippen molar-refractivity contribution < 1.29 is 9.90 Å².